The van der Waals surface area contributed by atoms with Gasteiger partial charge in [-0.3, -0.25) is 9.89 Å². The van der Waals surface area contributed by atoms with Gasteiger partial charge in [-0.1, -0.05) is 12.8 Å². The lowest BCUT2D eigenvalue weighted by Gasteiger charge is -2.06. The monoisotopic (exact) mass is 258 g/mol. The van der Waals surface area contributed by atoms with Gasteiger partial charge in [0.25, 0.3) is 5.56 Å². The van der Waals surface area contributed by atoms with Crippen LogP contribution in [0.15, 0.2) is 4.79 Å². The van der Waals surface area contributed by atoms with Crippen LogP contribution in [0.2, 0.25) is 0 Å². The summed E-state index contributed by atoms with van der Waals surface area (Å²) >= 11 is 0. The van der Waals surface area contributed by atoms with E-state index in [2.05, 4.69) is 20.2 Å². The van der Waals surface area contributed by atoms with E-state index in [0.29, 0.717) is 11.4 Å². The second-order valence-corrected chi connectivity index (χ2v) is 5.98. The third-order valence-electron chi connectivity index (χ3n) is 4.43. The predicted molar refractivity (Wildman–Crippen MR) is 72.1 cm³/mol. The number of hydrogen-bond donors (Lipinski definition) is 2. The van der Waals surface area contributed by atoms with Crippen molar-refractivity contribution in [3.63, 3.8) is 0 Å². The second-order valence-electron chi connectivity index (χ2n) is 5.98. The van der Waals surface area contributed by atoms with Crippen LogP contribution in [0.25, 0.3) is 11.0 Å². The SMILES string of the molecule is O=c1[nH]c(CC2CC2)nc2c(C3CCCC3)[nH]nc12. The molecule has 4 rings (SSSR count). The summed E-state index contributed by atoms with van der Waals surface area (Å²) < 4.78 is 0. The molecule has 2 aromatic rings. The summed E-state index contributed by atoms with van der Waals surface area (Å²) in [5, 5.41) is 7.23. The van der Waals surface area contributed by atoms with Gasteiger partial charge in [-0.25, -0.2) is 4.98 Å². The van der Waals surface area contributed by atoms with E-state index in [4.69, 9.17) is 0 Å². The first-order chi connectivity index (χ1) is 9.31. The molecule has 0 spiro atoms. The predicted octanol–water partition coefficient (Wildman–Crippen LogP) is 2.26. The van der Waals surface area contributed by atoms with Crippen LogP contribution in [0.5, 0.6) is 0 Å². The fourth-order valence-electron chi connectivity index (χ4n) is 3.17. The first-order valence-corrected chi connectivity index (χ1v) is 7.28. The normalized spacial score (nSPS) is 20.4. The molecule has 19 heavy (non-hydrogen) atoms. The molecule has 100 valence electrons. The number of aromatic amines is 2. The van der Waals surface area contributed by atoms with Crippen molar-refractivity contribution in [3.05, 3.63) is 21.9 Å². The highest BCUT2D eigenvalue weighted by Gasteiger charge is 2.26. The minimum atomic E-state index is -0.0962. The Bertz CT molecular complexity index is 662. The van der Waals surface area contributed by atoms with Crippen LogP contribution in [-0.4, -0.2) is 20.2 Å². The fraction of sp³-hybridized carbons (Fsp3) is 0.643. The second kappa shape index (κ2) is 4.18. The lowest BCUT2D eigenvalue weighted by Crippen LogP contribution is -2.12. The lowest BCUT2D eigenvalue weighted by atomic mass is 10.0. The highest BCUT2D eigenvalue weighted by atomic mass is 16.1. The molecule has 2 saturated carbocycles. The van der Waals surface area contributed by atoms with E-state index in [1.807, 2.05) is 0 Å². The van der Waals surface area contributed by atoms with Crippen LogP contribution in [0.3, 0.4) is 0 Å². The topological polar surface area (TPSA) is 74.4 Å². The van der Waals surface area contributed by atoms with E-state index in [1.54, 1.807) is 0 Å². The molecule has 2 heterocycles. The molecule has 0 atom stereocenters. The Morgan fingerprint density at radius 3 is 2.63 bits per heavy atom. The Hall–Kier alpha value is -1.65. The molecule has 2 fully saturated rings. The Kier molecular flexibility index (Phi) is 2.47. The Morgan fingerprint density at radius 1 is 1.11 bits per heavy atom. The van der Waals surface area contributed by atoms with Crippen LogP contribution >= 0.6 is 0 Å². The maximum absolute atomic E-state index is 12.1. The lowest BCUT2D eigenvalue weighted by molar-refractivity contribution is 0.695. The third kappa shape index (κ3) is 1.97. The van der Waals surface area contributed by atoms with Crippen LogP contribution in [0, 0.1) is 5.92 Å². The minimum absolute atomic E-state index is 0.0962. The first-order valence-electron chi connectivity index (χ1n) is 7.28. The molecule has 2 N–H and O–H groups in total. The van der Waals surface area contributed by atoms with Gasteiger partial charge in [0.15, 0.2) is 5.52 Å². The molecule has 0 unspecified atom stereocenters. The molecule has 2 aliphatic rings. The molecule has 0 radical (unpaired) electrons. The van der Waals surface area contributed by atoms with Crippen LogP contribution in [0.4, 0.5) is 0 Å². The van der Waals surface area contributed by atoms with Gasteiger partial charge >= 0.3 is 0 Å². The molecular formula is C14H18N4O. The zero-order valence-corrected chi connectivity index (χ0v) is 10.9. The van der Waals surface area contributed by atoms with E-state index in [-0.39, 0.29) is 5.56 Å². The van der Waals surface area contributed by atoms with Crippen LogP contribution in [-0.2, 0) is 6.42 Å². The summed E-state index contributed by atoms with van der Waals surface area (Å²) in [7, 11) is 0. The van der Waals surface area contributed by atoms with Crippen molar-refractivity contribution in [2.45, 2.75) is 50.9 Å². The van der Waals surface area contributed by atoms with Crippen molar-refractivity contribution >= 4 is 11.0 Å². The highest BCUT2D eigenvalue weighted by Crippen LogP contribution is 2.35. The van der Waals surface area contributed by atoms with Gasteiger partial charge in [-0.05, 0) is 31.6 Å². The molecule has 0 saturated heterocycles. The summed E-state index contributed by atoms with van der Waals surface area (Å²) in [6.07, 6.45) is 8.34. The van der Waals surface area contributed by atoms with Gasteiger partial charge in [0.05, 0.1) is 5.69 Å². The maximum Gasteiger partial charge on any atom is 0.279 e. The summed E-state index contributed by atoms with van der Waals surface area (Å²) in [5.41, 5.74) is 2.27. The smallest absolute Gasteiger partial charge is 0.279 e. The first kappa shape index (κ1) is 11.2. The fourth-order valence-corrected chi connectivity index (χ4v) is 3.17. The number of fused-ring (bicyclic) bond motifs is 1. The molecular weight excluding hydrogens is 240 g/mol. The van der Waals surface area contributed by atoms with Gasteiger partial charge in [-0.2, -0.15) is 5.10 Å². The number of hydrogen-bond acceptors (Lipinski definition) is 3. The molecule has 5 nitrogen and oxygen atoms in total. The molecule has 0 aromatic carbocycles. The molecule has 0 amide bonds. The van der Waals surface area contributed by atoms with Crippen molar-refractivity contribution in [1.82, 2.24) is 20.2 Å². The Balaban J connectivity index is 1.80. The van der Waals surface area contributed by atoms with E-state index in [1.165, 1.54) is 38.5 Å². The number of H-pyrrole nitrogens is 2. The Labute approximate surface area is 110 Å². The van der Waals surface area contributed by atoms with Crippen molar-refractivity contribution in [2.75, 3.05) is 0 Å². The zero-order chi connectivity index (χ0) is 12.8. The summed E-state index contributed by atoms with van der Waals surface area (Å²) in [6, 6.07) is 0. The van der Waals surface area contributed by atoms with Gasteiger partial charge < -0.3 is 4.98 Å². The molecule has 5 heteroatoms. The van der Waals surface area contributed by atoms with E-state index in [9.17, 15) is 4.79 Å². The van der Waals surface area contributed by atoms with E-state index in [0.717, 1.165) is 29.4 Å². The Morgan fingerprint density at radius 2 is 1.89 bits per heavy atom. The largest absolute Gasteiger partial charge is 0.309 e. The average Bonchev–Trinajstić information content (AvgIpc) is 2.91. The van der Waals surface area contributed by atoms with Crippen LogP contribution < -0.4 is 5.56 Å². The number of aromatic nitrogens is 4. The summed E-state index contributed by atoms with van der Waals surface area (Å²) in [6.45, 7) is 0. The average molecular weight is 258 g/mol. The number of nitrogens with one attached hydrogen (secondary N) is 2. The molecule has 2 aromatic heterocycles. The maximum atomic E-state index is 12.1. The van der Waals surface area contributed by atoms with Crippen molar-refractivity contribution < 1.29 is 0 Å². The van der Waals surface area contributed by atoms with E-state index >= 15 is 0 Å². The van der Waals surface area contributed by atoms with Gasteiger partial charge in [0.2, 0.25) is 0 Å². The van der Waals surface area contributed by atoms with Gasteiger partial charge in [0.1, 0.15) is 11.3 Å². The molecule has 0 aliphatic heterocycles. The highest BCUT2D eigenvalue weighted by molar-refractivity contribution is 5.76. The minimum Gasteiger partial charge on any atom is -0.309 e. The van der Waals surface area contributed by atoms with E-state index < -0.39 is 0 Å². The van der Waals surface area contributed by atoms with Gasteiger partial charge in [0, 0.05) is 12.3 Å². The third-order valence-corrected chi connectivity index (χ3v) is 4.43. The standard InChI is InChI=1S/C14H18N4O/c19-14-13-12(15-10(16-14)7-8-5-6-8)11(17-18-13)9-3-1-2-4-9/h8-9H,1-7H2,(H,17,18)(H,15,16,19). The van der Waals surface area contributed by atoms with Crippen molar-refractivity contribution in [1.29, 1.82) is 0 Å². The van der Waals surface area contributed by atoms with Crippen LogP contribution in [0.1, 0.15) is 56.0 Å². The molecule has 0 bridgehead atoms. The number of rotatable bonds is 3. The summed E-state index contributed by atoms with van der Waals surface area (Å²) in [4.78, 5) is 19.6. The quantitative estimate of drug-likeness (QED) is 0.886. The number of nitrogens with zero attached hydrogens (tertiary/aromatic N) is 2. The molecule has 2 aliphatic carbocycles. The van der Waals surface area contributed by atoms with Gasteiger partial charge in [-0.15, -0.1) is 0 Å². The zero-order valence-electron chi connectivity index (χ0n) is 10.9. The summed E-state index contributed by atoms with van der Waals surface area (Å²) in [5.74, 6) is 2.07. The van der Waals surface area contributed by atoms with Crippen molar-refractivity contribution in [2.24, 2.45) is 5.92 Å². The van der Waals surface area contributed by atoms with Crippen molar-refractivity contribution in [3.8, 4) is 0 Å².